The lowest BCUT2D eigenvalue weighted by Crippen LogP contribution is -2.29. The van der Waals surface area contributed by atoms with Gasteiger partial charge in [0.2, 0.25) is 0 Å². The summed E-state index contributed by atoms with van der Waals surface area (Å²) in [7, 11) is -1.00. The number of aromatic nitrogens is 2. The van der Waals surface area contributed by atoms with E-state index in [1.54, 1.807) is 0 Å². The number of hydrogen-bond acceptors (Lipinski definition) is 1. The molecule has 0 bridgehead atoms. The molecule has 0 amide bonds. The van der Waals surface area contributed by atoms with E-state index in [9.17, 15) is 0 Å². The Kier molecular flexibility index (Phi) is 2.42. The molecule has 0 fully saturated rings. The van der Waals surface area contributed by atoms with E-state index >= 15 is 0 Å². The van der Waals surface area contributed by atoms with Gasteiger partial charge in [-0.25, -0.2) is 4.98 Å². The van der Waals surface area contributed by atoms with Gasteiger partial charge in [-0.1, -0.05) is 19.6 Å². The number of nitrogens with zero attached hydrogens (tertiary/aromatic N) is 2. The van der Waals surface area contributed by atoms with Crippen LogP contribution >= 0.6 is 0 Å². The highest BCUT2D eigenvalue weighted by Crippen LogP contribution is 2.10. The topological polar surface area (TPSA) is 17.8 Å². The monoisotopic (exact) mass is 182 g/mol. The van der Waals surface area contributed by atoms with Gasteiger partial charge in [-0.15, -0.1) is 0 Å². The van der Waals surface area contributed by atoms with Crippen LogP contribution in [0.3, 0.4) is 0 Å². The highest BCUT2D eigenvalue weighted by Gasteiger charge is 2.15. The van der Waals surface area contributed by atoms with Crippen LogP contribution in [0, 0.1) is 13.8 Å². The van der Waals surface area contributed by atoms with Gasteiger partial charge in [-0.05, 0) is 13.8 Å². The predicted molar refractivity (Wildman–Crippen MR) is 55.0 cm³/mol. The molecule has 68 valence electrons. The Hall–Kier alpha value is -0.573. The van der Waals surface area contributed by atoms with Crippen LogP contribution in [0.2, 0.25) is 19.6 Å². The van der Waals surface area contributed by atoms with E-state index < -0.39 is 8.07 Å². The van der Waals surface area contributed by atoms with Crippen LogP contribution < -0.4 is 0 Å². The van der Waals surface area contributed by atoms with Crippen LogP contribution in [0.25, 0.3) is 0 Å². The lowest BCUT2D eigenvalue weighted by Gasteiger charge is -2.18. The molecule has 0 N–H and O–H groups in total. The molecule has 3 heteroatoms. The lowest BCUT2D eigenvalue weighted by molar-refractivity contribution is 0.780. The van der Waals surface area contributed by atoms with Crippen molar-refractivity contribution in [2.45, 2.75) is 39.7 Å². The second-order valence-electron chi connectivity index (χ2n) is 4.59. The predicted octanol–water partition coefficient (Wildman–Crippen LogP) is 2.38. The first kappa shape index (κ1) is 9.51. The fraction of sp³-hybridized carbons (Fsp3) is 0.667. The van der Waals surface area contributed by atoms with E-state index in [4.69, 9.17) is 0 Å². The van der Waals surface area contributed by atoms with E-state index in [2.05, 4.69) is 43.0 Å². The number of rotatable bonds is 2. The molecule has 0 saturated heterocycles. The summed E-state index contributed by atoms with van der Waals surface area (Å²) in [6.45, 7) is 11.3. The van der Waals surface area contributed by atoms with Crippen LogP contribution in [-0.2, 0) is 6.17 Å². The van der Waals surface area contributed by atoms with Crippen molar-refractivity contribution in [1.82, 2.24) is 9.55 Å². The number of aryl methyl sites for hydroxylation is 2. The van der Waals surface area contributed by atoms with Gasteiger partial charge in [0, 0.05) is 18.1 Å². The van der Waals surface area contributed by atoms with Gasteiger partial charge in [0.1, 0.15) is 5.82 Å². The van der Waals surface area contributed by atoms with Gasteiger partial charge in [-0.3, -0.25) is 0 Å². The van der Waals surface area contributed by atoms with Crippen molar-refractivity contribution in [2.24, 2.45) is 0 Å². The molecule has 0 aliphatic carbocycles. The molecule has 0 aliphatic heterocycles. The SMILES string of the molecule is Cc1cnc(C)n1C[Si](C)(C)C. The first-order valence-electron chi connectivity index (χ1n) is 4.39. The lowest BCUT2D eigenvalue weighted by atomic mass is 10.5. The molecule has 1 rings (SSSR count). The highest BCUT2D eigenvalue weighted by atomic mass is 28.3. The van der Waals surface area contributed by atoms with Crippen molar-refractivity contribution in [2.75, 3.05) is 0 Å². The second-order valence-corrected chi connectivity index (χ2v) is 10.0. The third-order valence-electron chi connectivity index (χ3n) is 1.89. The number of imidazole rings is 1. The zero-order chi connectivity index (χ0) is 9.35. The van der Waals surface area contributed by atoms with Crippen LogP contribution in [0.4, 0.5) is 0 Å². The third kappa shape index (κ3) is 2.20. The summed E-state index contributed by atoms with van der Waals surface area (Å²) in [6, 6.07) is 0. The minimum atomic E-state index is -1.00. The number of hydrogen-bond donors (Lipinski definition) is 0. The highest BCUT2D eigenvalue weighted by molar-refractivity contribution is 6.74. The average Bonchev–Trinajstić information content (AvgIpc) is 2.16. The van der Waals surface area contributed by atoms with Crippen LogP contribution in [0.5, 0.6) is 0 Å². The van der Waals surface area contributed by atoms with Gasteiger partial charge in [0.15, 0.2) is 0 Å². The van der Waals surface area contributed by atoms with Gasteiger partial charge in [0.25, 0.3) is 0 Å². The molecule has 2 nitrogen and oxygen atoms in total. The molecule has 1 heterocycles. The maximum Gasteiger partial charge on any atom is 0.105 e. The molecular formula is C9H18N2Si. The molecule has 12 heavy (non-hydrogen) atoms. The first-order chi connectivity index (χ1) is 5.40. The molecule has 0 radical (unpaired) electrons. The molecule has 1 aromatic heterocycles. The Balaban J connectivity index is 2.88. The Morgan fingerprint density at radius 1 is 1.33 bits per heavy atom. The summed E-state index contributed by atoms with van der Waals surface area (Å²) in [5, 5.41) is 0. The van der Waals surface area contributed by atoms with Crippen LogP contribution in [-0.4, -0.2) is 17.6 Å². The largest absolute Gasteiger partial charge is 0.336 e. The smallest absolute Gasteiger partial charge is 0.105 e. The Morgan fingerprint density at radius 3 is 2.25 bits per heavy atom. The summed E-state index contributed by atoms with van der Waals surface area (Å²) in [5.41, 5.74) is 1.29. The van der Waals surface area contributed by atoms with E-state index in [-0.39, 0.29) is 0 Å². The van der Waals surface area contributed by atoms with Crippen molar-refractivity contribution in [3.8, 4) is 0 Å². The molecule has 0 atom stereocenters. The van der Waals surface area contributed by atoms with Crippen molar-refractivity contribution < 1.29 is 0 Å². The zero-order valence-corrected chi connectivity index (χ0v) is 9.68. The van der Waals surface area contributed by atoms with E-state index in [1.807, 2.05) is 6.20 Å². The van der Waals surface area contributed by atoms with E-state index in [0.29, 0.717) is 0 Å². The summed E-state index contributed by atoms with van der Waals surface area (Å²) >= 11 is 0. The van der Waals surface area contributed by atoms with Crippen molar-refractivity contribution in [3.63, 3.8) is 0 Å². The second kappa shape index (κ2) is 3.05. The molecule has 0 unspecified atom stereocenters. The summed E-state index contributed by atoms with van der Waals surface area (Å²) < 4.78 is 2.33. The molecular weight excluding hydrogens is 164 g/mol. The average molecular weight is 182 g/mol. The third-order valence-corrected chi connectivity index (χ3v) is 3.15. The Morgan fingerprint density at radius 2 is 1.92 bits per heavy atom. The van der Waals surface area contributed by atoms with E-state index in [0.717, 1.165) is 5.82 Å². The van der Waals surface area contributed by atoms with Crippen LogP contribution in [0.1, 0.15) is 11.5 Å². The zero-order valence-electron chi connectivity index (χ0n) is 8.68. The minimum Gasteiger partial charge on any atom is -0.336 e. The van der Waals surface area contributed by atoms with Gasteiger partial charge in [-0.2, -0.15) is 0 Å². The Labute approximate surface area is 75.6 Å². The molecule has 0 aliphatic rings. The summed E-state index contributed by atoms with van der Waals surface area (Å²) in [4.78, 5) is 4.29. The standard InChI is InChI=1S/C9H18N2Si/c1-8-6-10-9(2)11(8)7-12(3,4)5/h6H,7H2,1-5H3. The van der Waals surface area contributed by atoms with E-state index in [1.165, 1.54) is 11.9 Å². The summed E-state index contributed by atoms with van der Waals surface area (Å²) in [5.74, 6) is 1.15. The van der Waals surface area contributed by atoms with Crippen molar-refractivity contribution >= 4 is 8.07 Å². The van der Waals surface area contributed by atoms with Crippen molar-refractivity contribution in [1.29, 1.82) is 0 Å². The maximum atomic E-state index is 4.29. The molecule has 0 spiro atoms. The molecule has 0 aromatic carbocycles. The minimum absolute atomic E-state index is 1.00. The Bertz CT molecular complexity index is 251. The van der Waals surface area contributed by atoms with Gasteiger partial charge < -0.3 is 4.57 Å². The van der Waals surface area contributed by atoms with Gasteiger partial charge >= 0.3 is 0 Å². The maximum absolute atomic E-state index is 4.29. The molecule has 0 saturated carbocycles. The normalized spacial score (nSPS) is 12.1. The van der Waals surface area contributed by atoms with Crippen LogP contribution in [0.15, 0.2) is 6.20 Å². The summed E-state index contributed by atoms with van der Waals surface area (Å²) in [6.07, 6.45) is 3.14. The van der Waals surface area contributed by atoms with Crippen molar-refractivity contribution in [3.05, 3.63) is 17.7 Å². The first-order valence-corrected chi connectivity index (χ1v) is 8.09. The van der Waals surface area contributed by atoms with Gasteiger partial charge in [0.05, 0.1) is 8.07 Å². The molecule has 1 aromatic rings. The fourth-order valence-corrected chi connectivity index (χ4v) is 2.72. The fourth-order valence-electron chi connectivity index (χ4n) is 1.29. The quantitative estimate of drug-likeness (QED) is 0.642.